The molecular weight excluding hydrogens is 253 g/mol. The summed E-state index contributed by atoms with van der Waals surface area (Å²) in [5, 5.41) is 0. The van der Waals surface area contributed by atoms with Gasteiger partial charge < -0.3 is 10.5 Å². The second kappa shape index (κ2) is 5.63. The molecule has 2 aromatic rings. The van der Waals surface area contributed by atoms with Crippen LogP contribution in [0.1, 0.15) is 35.2 Å². The highest BCUT2D eigenvalue weighted by atomic mass is 19.1. The standard InChI is InChI=1S/C17H20FNO/c1-10-7-11(2)12(3)17(8-10)20-16-6-5-14(13(4)19)9-15(16)18/h5-9,13H,19H2,1-4H3/t13-/m0/s1. The monoisotopic (exact) mass is 273 g/mol. The third kappa shape index (κ3) is 2.99. The van der Waals surface area contributed by atoms with Crippen molar-refractivity contribution in [3.8, 4) is 11.5 Å². The van der Waals surface area contributed by atoms with Crippen LogP contribution in [0.25, 0.3) is 0 Å². The predicted octanol–water partition coefficient (Wildman–Crippen LogP) is 4.56. The summed E-state index contributed by atoms with van der Waals surface area (Å²) in [6.45, 7) is 7.81. The van der Waals surface area contributed by atoms with Crippen LogP contribution in [-0.2, 0) is 0 Å². The van der Waals surface area contributed by atoms with Gasteiger partial charge in [0.2, 0.25) is 0 Å². The third-order valence-electron chi connectivity index (χ3n) is 3.47. The molecule has 1 atom stereocenters. The lowest BCUT2D eigenvalue weighted by molar-refractivity contribution is 0.438. The molecule has 2 rings (SSSR count). The molecule has 20 heavy (non-hydrogen) atoms. The van der Waals surface area contributed by atoms with E-state index in [1.807, 2.05) is 33.8 Å². The molecular formula is C17H20FNO. The first-order valence-corrected chi connectivity index (χ1v) is 6.69. The first-order chi connectivity index (χ1) is 9.38. The molecule has 0 fully saturated rings. The fourth-order valence-electron chi connectivity index (χ4n) is 2.11. The van der Waals surface area contributed by atoms with Crippen LogP contribution in [0.4, 0.5) is 4.39 Å². The van der Waals surface area contributed by atoms with Crippen LogP contribution in [0.5, 0.6) is 11.5 Å². The molecule has 3 heteroatoms. The van der Waals surface area contributed by atoms with Crippen molar-refractivity contribution in [2.75, 3.05) is 0 Å². The minimum Gasteiger partial charge on any atom is -0.454 e. The molecule has 0 aliphatic rings. The summed E-state index contributed by atoms with van der Waals surface area (Å²) >= 11 is 0. The van der Waals surface area contributed by atoms with Gasteiger partial charge >= 0.3 is 0 Å². The number of hydrogen-bond donors (Lipinski definition) is 1. The maximum absolute atomic E-state index is 14.0. The van der Waals surface area contributed by atoms with Crippen molar-refractivity contribution in [1.29, 1.82) is 0 Å². The minimum absolute atomic E-state index is 0.193. The largest absolute Gasteiger partial charge is 0.454 e. The number of aryl methyl sites for hydroxylation is 2. The Bertz CT molecular complexity index is 635. The zero-order chi connectivity index (χ0) is 14.9. The average Bonchev–Trinajstić information content (AvgIpc) is 2.37. The van der Waals surface area contributed by atoms with Crippen molar-refractivity contribution >= 4 is 0 Å². The van der Waals surface area contributed by atoms with Crippen LogP contribution in [0.3, 0.4) is 0 Å². The van der Waals surface area contributed by atoms with E-state index in [4.69, 9.17) is 10.5 Å². The Morgan fingerprint density at radius 1 is 1.05 bits per heavy atom. The topological polar surface area (TPSA) is 35.2 Å². The normalized spacial score (nSPS) is 12.3. The van der Waals surface area contributed by atoms with Gasteiger partial charge in [-0.1, -0.05) is 12.1 Å². The Morgan fingerprint density at radius 2 is 1.75 bits per heavy atom. The van der Waals surface area contributed by atoms with Gasteiger partial charge in [0.1, 0.15) is 5.75 Å². The Morgan fingerprint density at radius 3 is 2.35 bits per heavy atom. The van der Waals surface area contributed by atoms with Crippen molar-refractivity contribution in [3.63, 3.8) is 0 Å². The molecule has 0 amide bonds. The lowest BCUT2D eigenvalue weighted by Crippen LogP contribution is -2.05. The molecule has 0 bridgehead atoms. The maximum atomic E-state index is 14.0. The van der Waals surface area contributed by atoms with Crippen molar-refractivity contribution in [3.05, 3.63) is 58.4 Å². The van der Waals surface area contributed by atoms with Crippen LogP contribution in [0.2, 0.25) is 0 Å². The molecule has 0 aromatic heterocycles. The first-order valence-electron chi connectivity index (χ1n) is 6.69. The van der Waals surface area contributed by atoms with E-state index in [-0.39, 0.29) is 11.8 Å². The van der Waals surface area contributed by atoms with E-state index in [1.54, 1.807) is 12.1 Å². The van der Waals surface area contributed by atoms with Crippen molar-refractivity contribution in [2.24, 2.45) is 5.73 Å². The summed E-state index contributed by atoms with van der Waals surface area (Å²) in [6, 6.07) is 8.66. The molecule has 2 N–H and O–H groups in total. The quantitative estimate of drug-likeness (QED) is 0.889. The van der Waals surface area contributed by atoms with E-state index in [2.05, 4.69) is 6.07 Å². The Hall–Kier alpha value is -1.87. The van der Waals surface area contributed by atoms with Crippen LogP contribution < -0.4 is 10.5 Å². The maximum Gasteiger partial charge on any atom is 0.166 e. The predicted molar refractivity (Wildman–Crippen MR) is 79.7 cm³/mol. The summed E-state index contributed by atoms with van der Waals surface area (Å²) in [7, 11) is 0. The molecule has 2 nitrogen and oxygen atoms in total. The number of benzene rings is 2. The summed E-state index contributed by atoms with van der Waals surface area (Å²) in [4.78, 5) is 0. The second-order valence-electron chi connectivity index (χ2n) is 5.29. The number of rotatable bonds is 3. The zero-order valence-electron chi connectivity index (χ0n) is 12.3. The van der Waals surface area contributed by atoms with Crippen LogP contribution in [0.15, 0.2) is 30.3 Å². The smallest absolute Gasteiger partial charge is 0.166 e. The van der Waals surface area contributed by atoms with Gasteiger partial charge in [0.25, 0.3) is 0 Å². The van der Waals surface area contributed by atoms with Crippen LogP contribution in [-0.4, -0.2) is 0 Å². The molecule has 0 aliphatic carbocycles. The van der Waals surface area contributed by atoms with Gasteiger partial charge in [-0.15, -0.1) is 0 Å². The summed E-state index contributed by atoms with van der Waals surface area (Å²) < 4.78 is 19.8. The highest BCUT2D eigenvalue weighted by Crippen LogP contribution is 2.31. The minimum atomic E-state index is -0.390. The molecule has 0 saturated carbocycles. The van der Waals surface area contributed by atoms with E-state index in [0.717, 1.165) is 22.3 Å². The Kier molecular flexibility index (Phi) is 4.09. The SMILES string of the molecule is Cc1cc(C)c(C)c(Oc2ccc([C@H](C)N)cc2F)c1. The fraction of sp³-hybridized carbons (Fsp3) is 0.294. The molecule has 0 heterocycles. The van der Waals surface area contributed by atoms with E-state index in [9.17, 15) is 4.39 Å². The number of nitrogens with two attached hydrogens (primary N) is 1. The van der Waals surface area contributed by atoms with E-state index in [1.165, 1.54) is 6.07 Å². The zero-order valence-corrected chi connectivity index (χ0v) is 12.3. The average molecular weight is 273 g/mol. The third-order valence-corrected chi connectivity index (χ3v) is 3.47. The molecule has 2 aromatic carbocycles. The lowest BCUT2D eigenvalue weighted by Gasteiger charge is -2.14. The molecule has 0 unspecified atom stereocenters. The number of hydrogen-bond acceptors (Lipinski definition) is 2. The van der Waals surface area contributed by atoms with Gasteiger partial charge in [-0.3, -0.25) is 0 Å². The van der Waals surface area contributed by atoms with Gasteiger partial charge in [0, 0.05) is 6.04 Å². The van der Waals surface area contributed by atoms with Crippen molar-refractivity contribution in [1.82, 2.24) is 0 Å². The van der Waals surface area contributed by atoms with E-state index < -0.39 is 5.82 Å². The van der Waals surface area contributed by atoms with Gasteiger partial charge in [-0.05, 0) is 68.1 Å². The summed E-state index contributed by atoms with van der Waals surface area (Å²) in [5.74, 6) is 0.524. The molecule has 0 radical (unpaired) electrons. The van der Waals surface area contributed by atoms with Gasteiger partial charge in [0.15, 0.2) is 11.6 Å². The van der Waals surface area contributed by atoms with Gasteiger partial charge in [0.05, 0.1) is 0 Å². The van der Waals surface area contributed by atoms with Gasteiger partial charge in [-0.25, -0.2) is 4.39 Å². The molecule has 0 saturated heterocycles. The van der Waals surface area contributed by atoms with Crippen molar-refractivity contribution < 1.29 is 9.13 Å². The molecule has 0 aliphatic heterocycles. The van der Waals surface area contributed by atoms with Crippen LogP contribution >= 0.6 is 0 Å². The highest BCUT2D eigenvalue weighted by molar-refractivity contribution is 5.45. The first kappa shape index (κ1) is 14.5. The highest BCUT2D eigenvalue weighted by Gasteiger charge is 2.11. The van der Waals surface area contributed by atoms with E-state index >= 15 is 0 Å². The summed E-state index contributed by atoms with van der Waals surface area (Å²) in [5.41, 5.74) is 9.74. The van der Waals surface area contributed by atoms with Gasteiger partial charge in [-0.2, -0.15) is 0 Å². The summed E-state index contributed by atoms with van der Waals surface area (Å²) in [6.07, 6.45) is 0. The van der Waals surface area contributed by atoms with Crippen molar-refractivity contribution in [2.45, 2.75) is 33.7 Å². The molecule has 106 valence electrons. The second-order valence-corrected chi connectivity index (χ2v) is 5.29. The van der Waals surface area contributed by atoms with Crippen LogP contribution in [0, 0.1) is 26.6 Å². The number of ether oxygens (including phenoxy) is 1. The van der Waals surface area contributed by atoms with E-state index in [0.29, 0.717) is 5.75 Å². The lowest BCUT2D eigenvalue weighted by atomic mass is 10.1. The fourth-order valence-corrected chi connectivity index (χ4v) is 2.11. The Labute approximate surface area is 119 Å². The Balaban J connectivity index is 2.35. The number of halogens is 1. The molecule has 0 spiro atoms.